The second kappa shape index (κ2) is 5.12. The Hall–Kier alpha value is -0.585. The molecule has 1 nitrogen and oxygen atoms in total. The first kappa shape index (κ1) is 10.4. The molecule has 0 bridgehead atoms. The Morgan fingerprint density at radius 1 is 1.09 bits per heavy atom. The molecule has 0 aromatic rings. The summed E-state index contributed by atoms with van der Waals surface area (Å²) in [6, 6.07) is 0. The van der Waals surface area contributed by atoms with Crippen LogP contribution in [0.2, 0.25) is 0 Å². The van der Waals surface area contributed by atoms with Crippen LogP contribution in [-0.4, -0.2) is 11.4 Å². The largest absolute Gasteiger partial charge is 0.673 e. The van der Waals surface area contributed by atoms with E-state index in [2.05, 4.69) is 4.18 Å². The normalized spacial score (nSPS) is 14.9. The molecule has 0 unspecified atom stereocenters. The molecule has 7 heteroatoms. The summed E-state index contributed by atoms with van der Waals surface area (Å²) in [5.74, 6) is 0. The minimum absolute atomic E-state index is 1.45. The quantitative estimate of drug-likeness (QED) is 0.246. The molecule has 0 spiro atoms. The van der Waals surface area contributed by atoms with E-state index in [1.54, 1.807) is 6.26 Å². The average molecular weight is 188 g/mol. The molecule has 0 fully saturated rings. The van der Waals surface area contributed by atoms with Crippen molar-refractivity contribution in [1.82, 2.24) is 0 Å². The molecule has 0 saturated heterocycles. The highest BCUT2D eigenvalue weighted by molar-refractivity contribution is 7.97. The Labute approximate surface area is 65.4 Å². The van der Waals surface area contributed by atoms with E-state index >= 15 is 0 Å². The van der Waals surface area contributed by atoms with Gasteiger partial charge < -0.3 is 21.4 Å². The zero-order chi connectivity index (χ0) is 8.74. The van der Waals surface area contributed by atoms with Gasteiger partial charge in [0.15, 0.2) is 0 Å². The van der Waals surface area contributed by atoms with Gasteiger partial charge in [-0.25, -0.2) is 0 Å². The fourth-order valence-corrected chi connectivity index (χ4v) is 0.607. The first-order valence-corrected chi connectivity index (χ1v) is 3.39. The van der Waals surface area contributed by atoms with Crippen LogP contribution in [0.15, 0.2) is 23.8 Å². The smallest absolute Gasteiger partial charge is 0.510 e. The van der Waals surface area contributed by atoms with E-state index in [9.17, 15) is 17.3 Å². The van der Waals surface area contributed by atoms with Gasteiger partial charge in [0, 0.05) is 6.08 Å². The molecule has 11 heavy (non-hydrogen) atoms. The third-order valence-corrected chi connectivity index (χ3v) is 0.981. The molecule has 0 saturated carbocycles. The molecule has 1 aliphatic heterocycles. The lowest BCUT2D eigenvalue weighted by molar-refractivity contribution is 0.344. The Kier molecular flexibility index (Phi) is 4.84. The summed E-state index contributed by atoms with van der Waals surface area (Å²) >= 11 is 1.45. The van der Waals surface area contributed by atoms with Crippen LogP contribution in [0, 0.1) is 0 Å². The SMILES string of the molecule is C1=C[OH+]SC=C1.F[B-](F)(F)F. The summed E-state index contributed by atoms with van der Waals surface area (Å²) < 4.78 is 42.8. The molecule has 0 radical (unpaired) electrons. The van der Waals surface area contributed by atoms with Crippen LogP contribution in [0.5, 0.6) is 0 Å². The van der Waals surface area contributed by atoms with E-state index in [4.69, 9.17) is 0 Å². The summed E-state index contributed by atoms with van der Waals surface area (Å²) in [5.41, 5.74) is 0. The zero-order valence-electron chi connectivity index (χ0n) is 5.25. The molecule has 0 aliphatic carbocycles. The van der Waals surface area contributed by atoms with Crippen LogP contribution >= 0.6 is 12.0 Å². The Bertz CT molecular complexity index is 137. The minimum atomic E-state index is -6.00. The third kappa shape index (κ3) is 17.7. The van der Waals surface area contributed by atoms with Crippen LogP contribution in [-0.2, 0) is 0 Å². The fraction of sp³-hybridized carbons (Fsp3) is 0. The first-order chi connectivity index (χ1) is 5.00. The second-order valence-corrected chi connectivity index (χ2v) is 2.07. The van der Waals surface area contributed by atoms with Gasteiger partial charge in [-0.3, -0.25) is 0 Å². The molecule has 0 aromatic carbocycles. The van der Waals surface area contributed by atoms with Gasteiger partial charge in [-0.1, -0.05) is 0 Å². The summed E-state index contributed by atoms with van der Waals surface area (Å²) in [4.78, 5) is 0. The summed E-state index contributed by atoms with van der Waals surface area (Å²) in [6.07, 6.45) is 5.62. The minimum Gasteiger partial charge on any atom is -0.510 e. The molecule has 0 amide bonds. The van der Waals surface area contributed by atoms with Gasteiger partial charge in [-0.05, 0) is 6.08 Å². The van der Waals surface area contributed by atoms with Crippen molar-refractivity contribution in [2.24, 2.45) is 0 Å². The van der Waals surface area contributed by atoms with Gasteiger partial charge in [0.05, 0.1) is 5.41 Å². The molecule has 64 valence electrons. The highest BCUT2D eigenvalue weighted by Crippen LogP contribution is 2.06. The number of hydrogen-bond donors (Lipinski definition) is 0. The maximum atomic E-state index is 9.75. The number of rotatable bonds is 0. The van der Waals surface area contributed by atoms with Crippen LogP contribution in [0.3, 0.4) is 0 Å². The second-order valence-electron chi connectivity index (χ2n) is 1.38. The number of aliphatic hydroxyl groups is 1. The maximum absolute atomic E-state index is 9.75. The van der Waals surface area contributed by atoms with Gasteiger partial charge in [-0.15, -0.1) is 0 Å². The number of hydrogen-bond acceptors (Lipinski definition) is 1. The average Bonchev–Trinajstić information content (AvgIpc) is 1.88. The molecule has 1 aliphatic rings. The lowest BCUT2D eigenvalue weighted by atomic mass is 10.3. The Morgan fingerprint density at radius 3 is 1.73 bits per heavy atom. The van der Waals surface area contributed by atoms with E-state index in [1.807, 2.05) is 17.6 Å². The van der Waals surface area contributed by atoms with Crippen molar-refractivity contribution >= 4 is 19.3 Å². The van der Waals surface area contributed by atoms with Crippen molar-refractivity contribution < 1.29 is 21.4 Å². The van der Waals surface area contributed by atoms with Crippen LogP contribution in [0.1, 0.15) is 0 Å². The van der Waals surface area contributed by atoms with E-state index in [1.165, 1.54) is 12.0 Å². The number of allylic oxidation sites excluding steroid dienone is 2. The van der Waals surface area contributed by atoms with E-state index in [-0.39, 0.29) is 0 Å². The molecule has 1 heterocycles. The van der Waals surface area contributed by atoms with Gasteiger partial charge >= 0.3 is 7.25 Å². The van der Waals surface area contributed by atoms with Crippen LogP contribution in [0.4, 0.5) is 17.3 Å². The summed E-state index contributed by atoms with van der Waals surface area (Å²) in [5, 5.41) is 1.93. The molecule has 0 aromatic heterocycles. The standard InChI is InChI=1S/C4H4OS.BF4/c1-2-4-6-5-3-1;2-1(3,4)5/h1-4H;/q;-1/p+1. The van der Waals surface area contributed by atoms with Gasteiger partial charge in [0.25, 0.3) is 12.0 Å². The lowest BCUT2D eigenvalue weighted by Crippen LogP contribution is -2.02. The van der Waals surface area contributed by atoms with Crippen molar-refractivity contribution in [3.63, 3.8) is 0 Å². The van der Waals surface area contributed by atoms with E-state index in [0.29, 0.717) is 0 Å². The van der Waals surface area contributed by atoms with Crippen LogP contribution < -0.4 is 0 Å². The monoisotopic (exact) mass is 188 g/mol. The highest BCUT2D eigenvalue weighted by atomic mass is 32.2. The molecule has 1 rings (SSSR count). The van der Waals surface area contributed by atoms with Crippen LogP contribution in [0.25, 0.3) is 0 Å². The lowest BCUT2D eigenvalue weighted by Gasteiger charge is -1.94. The highest BCUT2D eigenvalue weighted by Gasteiger charge is 2.20. The first-order valence-electron chi connectivity index (χ1n) is 2.55. The predicted octanol–water partition coefficient (Wildman–Crippen LogP) is 3.07. The zero-order valence-corrected chi connectivity index (χ0v) is 6.07. The Morgan fingerprint density at radius 2 is 1.64 bits per heavy atom. The molecular formula is C4H5BF4OS. The topological polar surface area (TPSA) is 12.8 Å². The summed E-state index contributed by atoms with van der Waals surface area (Å²) in [7, 11) is -6.00. The van der Waals surface area contributed by atoms with Gasteiger partial charge in [0.1, 0.15) is 0 Å². The molecule has 0 atom stereocenters. The van der Waals surface area contributed by atoms with E-state index < -0.39 is 7.25 Å². The predicted molar refractivity (Wildman–Crippen MR) is 38.7 cm³/mol. The number of halogens is 4. The van der Waals surface area contributed by atoms with Crippen molar-refractivity contribution in [2.45, 2.75) is 0 Å². The fourth-order valence-electron chi connectivity index (χ4n) is 0.236. The van der Waals surface area contributed by atoms with Gasteiger partial charge in [0.2, 0.25) is 6.26 Å². The van der Waals surface area contributed by atoms with Gasteiger partial charge in [-0.2, -0.15) is 0 Å². The molecular weight excluding hydrogens is 183 g/mol. The van der Waals surface area contributed by atoms with Crippen molar-refractivity contribution in [3.05, 3.63) is 23.8 Å². The Balaban J connectivity index is 0.000000187. The molecule has 1 N–H and O–H groups in total. The maximum Gasteiger partial charge on any atom is 0.673 e. The third-order valence-electron chi connectivity index (χ3n) is 0.458. The van der Waals surface area contributed by atoms with Crippen molar-refractivity contribution in [2.75, 3.05) is 0 Å². The van der Waals surface area contributed by atoms with Crippen molar-refractivity contribution in [1.29, 1.82) is 0 Å². The summed E-state index contributed by atoms with van der Waals surface area (Å²) in [6.45, 7) is 0. The van der Waals surface area contributed by atoms with E-state index in [0.717, 1.165) is 0 Å². The van der Waals surface area contributed by atoms with Crippen molar-refractivity contribution in [3.8, 4) is 0 Å².